The zero-order chi connectivity index (χ0) is 15.4. The summed E-state index contributed by atoms with van der Waals surface area (Å²) < 4.78 is 5.14. The number of piperidine rings is 1. The van der Waals surface area contributed by atoms with E-state index in [1.165, 1.54) is 0 Å². The molecule has 1 atom stereocenters. The molecule has 0 aromatic carbocycles. The number of rotatable bonds is 4. The monoisotopic (exact) mass is 300 g/mol. The zero-order valence-corrected chi connectivity index (χ0v) is 12.7. The van der Waals surface area contributed by atoms with Gasteiger partial charge in [0.15, 0.2) is 0 Å². The second-order valence-electron chi connectivity index (χ2n) is 5.39. The van der Waals surface area contributed by atoms with Crippen LogP contribution < -0.4 is 4.90 Å². The SMILES string of the molecule is CCOC(=O)c1cccnc1N1CCC[C@@H](c2ccn[nH]2)C1. The van der Waals surface area contributed by atoms with Crippen LogP contribution in [-0.4, -0.2) is 40.8 Å². The fourth-order valence-electron chi connectivity index (χ4n) is 2.93. The van der Waals surface area contributed by atoms with Crippen LogP contribution in [0.5, 0.6) is 0 Å². The second-order valence-corrected chi connectivity index (χ2v) is 5.39. The van der Waals surface area contributed by atoms with Gasteiger partial charge in [0.2, 0.25) is 0 Å². The number of carbonyl (C=O) groups is 1. The van der Waals surface area contributed by atoms with Gasteiger partial charge in [-0.15, -0.1) is 0 Å². The van der Waals surface area contributed by atoms with Gasteiger partial charge in [0.1, 0.15) is 11.4 Å². The predicted molar refractivity (Wildman–Crippen MR) is 83.0 cm³/mol. The van der Waals surface area contributed by atoms with E-state index in [1.807, 2.05) is 13.0 Å². The van der Waals surface area contributed by atoms with Gasteiger partial charge >= 0.3 is 5.97 Å². The number of hydrogen-bond acceptors (Lipinski definition) is 5. The molecule has 3 heterocycles. The summed E-state index contributed by atoms with van der Waals surface area (Å²) in [4.78, 5) is 18.7. The Bertz CT molecular complexity index is 627. The highest BCUT2D eigenvalue weighted by Crippen LogP contribution is 2.29. The summed E-state index contributed by atoms with van der Waals surface area (Å²) in [7, 11) is 0. The molecule has 1 aliphatic heterocycles. The van der Waals surface area contributed by atoms with Crippen molar-refractivity contribution in [1.29, 1.82) is 0 Å². The van der Waals surface area contributed by atoms with Gasteiger partial charge in [-0.05, 0) is 38.0 Å². The average molecular weight is 300 g/mol. The highest BCUT2D eigenvalue weighted by atomic mass is 16.5. The van der Waals surface area contributed by atoms with E-state index in [0.717, 1.165) is 31.6 Å². The summed E-state index contributed by atoms with van der Waals surface area (Å²) in [6.07, 6.45) is 5.67. The molecule has 0 unspecified atom stereocenters. The van der Waals surface area contributed by atoms with Crippen molar-refractivity contribution in [3.05, 3.63) is 41.9 Å². The van der Waals surface area contributed by atoms with Crippen LogP contribution in [-0.2, 0) is 4.74 Å². The van der Waals surface area contributed by atoms with Gasteiger partial charge in [-0.25, -0.2) is 9.78 Å². The number of pyridine rings is 1. The highest BCUT2D eigenvalue weighted by Gasteiger charge is 2.26. The molecule has 6 heteroatoms. The van der Waals surface area contributed by atoms with Crippen LogP contribution in [0.2, 0.25) is 0 Å². The number of esters is 1. The van der Waals surface area contributed by atoms with E-state index < -0.39 is 0 Å². The van der Waals surface area contributed by atoms with E-state index >= 15 is 0 Å². The van der Waals surface area contributed by atoms with E-state index in [1.54, 1.807) is 24.5 Å². The van der Waals surface area contributed by atoms with Crippen LogP contribution in [0.4, 0.5) is 5.82 Å². The first-order valence-electron chi connectivity index (χ1n) is 7.66. The molecule has 1 aliphatic rings. The van der Waals surface area contributed by atoms with E-state index in [9.17, 15) is 4.79 Å². The van der Waals surface area contributed by atoms with E-state index in [-0.39, 0.29) is 5.97 Å². The minimum Gasteiger partial charge on any atom is -0.462 e. The number of aromatic amines is 1. The third kappa shape index (κ3) is 2.95. The standard InChI is InChI=1S/C16H20N4O2/c1-2-22-16(21)13-6-3-8-17-15(13)20-10-4-5-12(11-20)14-7-9-18-19-14/h3,6-9,12H,2,4-5,10-11H2,1H3,(H,18,19)/t12-/m1/s1. The molecule has 0 bridgehead atoms. The average Bonchev–Trinajstić information content (AvgIpc) is 3.10. The lowest BCUT2D eigenvalue weighted by atomic mass is 9.94. The van der Waals surface area contributed by atoms with E-state index in [2.05, 4.69) is 20.1 Å². The summed E-state index contributed by atoms with van der Waals surface area (Å²) >= 11 is 0. The van der Waals surface area contributed by atoms with Crippen molar-refractivity contribution in [2.24, 2.45) is 0 Å². The molecule has 0 aliphatic carbocycles. The van der Waals surface area contributed by atoms with E-state index in [0.29, 0.717) is 23.9 Å². The number of anilines is 1. The van der Waals surface area contributed by atoms with Crippen molar-refractivity contribution in [3.63, 3.8) is 0 Å². The van der Waals surface area contributed by atoms with Crippen LogP contribution in [0.25, 0.3) is 0 Å². The smallest absolute Gasteiger partial charge is 0.341 e. The first-order chi connectivity index (χ1) is 10.8. The summed E-state index contributed by atoms with van der Waals surface area (Å²) in [6.45, 7) is 3.90. The second kappa shape index (κ2) is 6.60. The first-order valence-corrected chi connectivity index (χ1v) is 7.66. The van der Waals surface area contributed by atoms with Crippen LogP contribution >= 0.6 is 0 Å². The number of nitrogens with zero attached hydrogens (tertiary/aromatic N) is 3. The fourth-order valence-corrected chi connectivity index (χ4v) is 2.93. The molecular formula is C16H20N4O2. The molecule has 3 rings (SSSR count). The predicted octanol–water partition coefficient (Wildman–Crippen LogP) is 2.37. The van der Waals surface area contributed by atoms with Crippen LogP contribution in [0, 0.1) is 0 Å². The largest absolute Gasteiger partial charge is 0.462 e. The molecule has 0 amide bonds. The molecule has 0 radical (unpaired) electrons. The molecule has 1 N–H and O–H groups in total. The van der Waals surface area contributed by atoms with Gasteiger partial charge in [-0.2, -0.15) is 5.10 Å². The fraction of sp³-hybridized carbons (Fsp3) is 0.438. The maximum atomic E-state index is 12.1. The summed E-state index contributed by atoms with van der Waals surface area (Å²) in [5, 5.41) is 7.08. The number of H-pyrrole nitrogens is 1. The molecule has 2 aromatic rings. The summed E-state index contributed by atoms with van der Waals surface area (Å²) in [6, 6.07) is 5.56. The number of nitrogens with one attached hydrogen (secondary N) is 1. The Morgan fingerprint density at radius 2 is 2.36 bits per heavy atom. The molecule has 0 spiro atoms. The zero-order valence-electron chi connectivity index (χ0n) is 12.7. The Balaban J connectivity index is 1.83. The molecular weight excluding hydrogens is 280 g/mol. The Kier molecular flexibility index (Phi) is 4.37. The summed E-state index contributed by atoms with van der Waals surface area (Å²) in [5.74, 6) is 0.785. The molecule has 1 fully saturated rings. The normalized spacial score (nSPS) is 18.2. The number of carbonyl (C=O) groups excluding carboxylic acids is 1. The Labute approximate surface area is 129 Å². The third-order valence-corrected chi connectivity index (χ3v) is 3.97. The topological polar surface area (TPSA) is 71.1 Å². The summed E-state index contributed by atoms with van der Waals surface area (Å²) in [5.41, 5.74) is 1.67. The minimum atomic E-state index is -0.311. The molecule has 0 saturated carbocycles. The van der Waals surface area contributed by atoms with Gasteiger partial charge < -0.3 is 9.64 Å². The minimum absolute atomic E-state index is 0.311. The van der Waals surface area contributed by atoms with Gasteiger partial charge in [0.05, 0.1) is 6.61 Å². The quantitative estimate of drug-likeness (QED) is 0.878. The highest BCUT2D eigenvalue weighted by molar-refractivity contribution is 5.94. The lowest BCUT2D eigenvalue weighted by molar-refractivity contribution is 0.0526. The number of aromatic nitrogens is 3. The van der Waals surface area contributed by atoms with Crippen molar-refractivity contribution in [2.45, 2.75) is 25.7 Å². The molecule has 2 aromatic heterocycles. The van der Waals surface area contributed by atoms with Crippen molar-refractivity contribution >= 4 is 11.8 Å². The molecule has 22 heavy (non-hydrogen) atoms. The van der Waals surface area contributed by atoms with Crippen LogP contribution in [0.3, 0.4) is 0 Å². The van der Waals surface area contributed by atoms with Gasteiger partial charge in [0, 0.05) is 37.1 Å². The van der Waals surface area contributed by atoms with Gasteiger partial charge in [-0.3, -0.25) is 5.10 Å². The Morgan fingerprint density at radius 1 is 1.45 bits per heavy atom. The molecule has 116 valence electrons. The lowest BCUT2D eigenvalue weighted by Gasteiger charge is -2.33. The molecule has 6 nitrogen and oxygen atoms in total. The number of hydrogen-bond donors (Lipinski definition) is 1. The van der Waals surface area contributed by atoms with Gasteiger partial charge in [-0.1, -0.05) is 0 Å². The maximum absolute atomic E-state index is 12.1. The van der Waals surface area contributed by atoms with E-state index in [4.69, 9.17) is 4.74 Å². The Hall–Kier alpha value is -2.37. The third-order valence-electron chi connectivity index (χ3n) is 3.97. The first kappa shape index (κ1) is 14.6. The van der Waals surface area contributed by atoms with Crippen LogP contribution in [0.1, 0.15) is 41.7 Å². The van der Waals surface area contributed by atoms with Crippen molar-refractivity contribution in [3.8, 4) is 0 Å². The van der Waals surface area contributed by atoms with Crippen molar-refractivity contribution in [1.82, 2.24) is 15.2 Å². The van der Waals surface area contributed by atoms with Crippen molar-refractivity contribution in [2.75, 3.05) is 24.6 Å². The molecule has 1 saturated heterocycles. The lowest BCUT2D eigenvalue weighted by Crippen LogP contribution is -2.36. The maximum Gasteiger partial charge on any atom is 0.341 e. The van der Waals surface area contributed by atoms with Crippen LogP contribution in [0.15, 0.2) is 30.6 Å². The Morgan fingerprint density at radius 3 is 3.14 bits per heavy atom. The van der Waals surface area contributed by atoms with Gasteiger partial charge in [0.25, 0.3) is 0 Å². The number of ether oxygens (including phenoxy) is 1. The van der Waals surface area contributed by atoms with Crippen molar-refractivity contribution < 1.29 is 9.53 Å².